The van der Waals surface area contributed by atoms with E-state index in [0.717, 1.165) is 13.4 Å². The standard InChI is InChI=1S/C22H20BrIN2O4S/c1-15-3-9-18(10-4-15)26(14-22(27)25-17-7-5-16(24)6-8-17)31(28,29)19-11-12-21(30-2)20(23)13-19/h3-13H,14H2,1-2H3,(H,25,27). The second kappa shape index (κ2) is 10.0. The maximum Gasteiger partial charge on any atom is 0.264 e. The van der Waals surface area contributed by atoms with E-state index in [-0.39, 0.29) is 11.4 Å². The number of carbonyl (C=O) groups excluding carboxylic acids is 1. The molecule has 0 heterocycles. The first-order chi connectivity index (χ1) is 14.7. The fraction of sp³-hybridized carbons (Fsp3) is 0.136. The Hall–Kier alpha value is -2.11. The average Bonchev–Trinajstić information content (AvgIpc) is 2.74. The molecule has 6 nitrogen and oxygen atoms in total. The number of hydrogen-bond donors (Lipinski definition) is 1. The summed E-state index contributed by atoms with van der Waals surface area (Å²) in [7, 11) is -2.52. The third-order valence-corrected chi connectivity index (χ3v) is 7.56. The number of anilines is 2. The molecule has 0 fully saturated rings. The average molecular weight is 615 g/mol. The van der Waals surface area contributed by atoms with E-state index in [0.29, 0.717) is 21.6 Å². The number of benzene rings is 3. The van der Waals surface area contributed by atoms with E-state index in [2.05, 4.69) is 43.8 Å². The number of sulfonamides is 1. The van der Waals surface area contributed by atoms with Gasteiger partial charge in [-0.25, -0.2) is 8.42 Å². The Bertz CT molecular complexity index is 1180. The summed E-state index contributed by atoms with van der Waals surface area (Å²) in [6.45, 7) is 1.54. The van der Waals surface area contributed by atoms with Crippen LogP contribution in [0.3, 0.4) is 0 Å². The first kappa shape index (κ1) is 23.6. The molecule has 3 aromatic carbocycles. The third-order valence-electron chi connectivity index (χ3n) is 4.45. The first-order valence-corrected chi connectivity index (χ1v) is 12.5. The lowest BCUT2D eigenvalue weighted by Crippen LogP contribution is -2.38. The normalized spacial score (nSPS) is 11.1. The highest BCUT2D eigenvalue weighted by Gasteiger charge is 2.28. The fourth-order valence-electron chi connectivity index (χ4n) is 2.83. The summed E-state index contributed by atoms with van der Waals surface area (Å²) in [6.07, 6.45) is 0. The maximum absolute atomic E-state index is 13.5. The number of hydrogen-bond acceptors (Lipinski definition) is 4. The third kappa shape index (κ3) is 5.78. The second-order valence-corrected chi connectivity index (χ2v) is 10.7. The van der Waals surface area contributed by atoms with Crippen LogP contribution in [0.1, 0.15) is 5.56 Å². The molecule has 0 bridgehead atoms. The first-order valence-electron chi connectivity index (χ1n) is 9.19. The molecule has 9 heteroatoms. The number of halogens is 2. The van der Waals surface area contributed by atoms with Gasteiger partial charge in [-0.15, -0.1) is 0 Å². The van der Waals surface area contributed by atoms with Crippen molar-refractivity contribution in [2.45, 2.75) is 11.8 Å². The van der Waals surface area contributed by atoms with Crippen molar-refractivity contribution >= 4 is 65.8 Å². The van der Waals surface area contributed by atoms with Gasteiger partial charge in [0.2, 0.25) is 5.91 Å². The van der Waals surface area contributed by atoms with Crippen LogP contribution in [0.5, 0.6) is 5.75 Å². The molecular formula is C22H20BrIN2O4S. The molecule has 0 saturated carbocycles. The zero-order chi connectivity index (χ0) is 22.6. The maximum atomic E-state index is 13.5. The van der Waals surface area contributed by atoms with E-state index in [1.165, 1.54) is 19.2 Å². The van der Waals surface area contributed by atoms with Gasteiger partial charge in [0.1, 0.15) is 12.3 Å². The van der Waals surface area contributed by atoms with E-state index >= 15 is 0 Å². The predicted molar refractivity (Wildman–Crippen MR) is 134 cm³/mol. The molecule has 0 atom stereocenters. The number of rotatable bonds is 7. The number of methoxy groups -OCH3 is 1. The number of aryl methyl sites for hydroxylation is 1. The van der Waals surface area contributed by atoms with Crippen LogP contribution in [-0.4, -0.2) is 28.0 Å². The Kier molecular flexibility index (Phi) is 7.60. The number of amides is 1. The minimum absolute atomic E-state index is 0.0443. The summed E-state index contributed by atoms with van der Waals surface area (Å²) in [5, 5.41) is 2.76. The van der Waals surface area contributed by atoms with Crippen molar-refractivity contribution in [1.29, 1.82) is 0 Å². The Morgan fingerprint density at radius 2 is 1.71 bits per heavy atom. The Balaban J connectivity index is 1.95. The molecule has 0 aromatic heterocycles. The van der Waals surface area contributed by atoms with Gasteiger partial charge in [-0.05, 0) is 100 Å². The van der Waals surface area contributed by atoms with Crippen molar-refractivity contribution in [2.24, 2.45) is 0 Å². The van der Waals surface area contributed by atoms with Crippen LogP contribution < -0.4 is 14.4 Å². The van der Waals surface area contributed by atoms with Crippen LogP contribution in [0.4, 0.5) is 11.4 Å². The molecular weight excluding hydrogens is 595 g/mol. The highest BCUT2D eigenvalue weighted by atomic mass is 127. The zero-order valence-electron chi connectivity index (χ0n) is 16.8. The van der Waals surface area contributed by atoms with Gasteiger partial charge in [-0.3, -0.25) is 9.10 Å². The van der Waals surface area contributed by atoms with Crippen molar-refractivity contribution in [3.63, 3.8) is 0 Å². The lowest BCUT2D eigenvalue weighted by atomic mass is 10.2. The minimum atomic E-state index is -4.02. The number of carbonyl (C=O) groups is 1. The van der Waals surface area contributed by atoms with E-state index in [1.54, 1.807) is 42.5 Å². The lowest BCUT2D eigenvalue weighted by Gasteiger charge is -2.24. The molecule has 1 amide bonds. The summed E-state index contributed by atoms with van der Waals surface area (Å²) in [4.78, 5) is 12.8. The van der Waals surface area contributed by atoms with Crippen molar-refractivity contribution in [2.75, 3.05) is 23.3 Å². The summed E-state index contributed by atoms with van der Waals surface area (Å²) in [6, 6.07) is 18.7. The van der Waals surface area contributed by atoms with Crippen molar-refractivity contribution in [1.82, 2.24) is 0 Å². The van der Waals surface area contributed by atoms with Gasteiger partial charge in [0.15, 0.2) is 0 Å². The van der Waals surface area contributed by atoms with Crippen LogP contribution in [0, 0.1) is 10.5 Å². The fourth-order valence-corrected chi connectivity index (χ4v) is 5.32. The highest BCUT2D eigenvalue weighted by molar-refractivity contribution is 14.1. The molecule has 0 radical (unpaired) electrons. The molecule has 0 unspecified atom stereocenters. The number of ether oxygens (including phenoxy) is 1. The lowest BCUT2D eigenvalue weighted by molar-refractivity contribution is -0.114. The molecule has 0 aliphatic heterocycles. The van der Waals surface area contributed by atoms with Crippen LogP contribution in [0.2, 0.25) is 0 Å². The van der Waals surface area contributed by atoms with E-state index in [4.69, 9.17) is 4.74 Å². The van der Waals surface area contributed by atoms with E-state index in [1.807, 2.05) is 19.1 Å². The summed E-state index contributed by atoms with van der Waals surface area (Å²) in [5.74, 6) is 0.0650. The summed E-state index contributed by atoms with van der Waals surface area (Å²) in [5.41, 5.74) is 1.98. The van der Waals surface area contributed by atoms with Crippen LogP contribution in [0.25, 0.3) is 0 Å². The second-order valence-electron chi connectivity index (χ2n) is 6.70. The summed E-state index contributed by atoms with van der Waals surface area (Å²) >= 11 is 5.50. The Morgan fingerprint density at radius 1 is 1.06 bits per heavy atom. The quantitative estimate of drug-likeness (QED) is 0.371. The molecule has 0 aliphatic carbocycles. The van der Waals surface area contributed by atoms with Gasteiger partial charge in [-0.2, -0.15) is 0 Å². The Morgan fingerprint density at radius 3 is 2.29 bits per heavy atom. The van der Waals surface area contributed by atoms with Gasteiger partial charge in [0, 0.05) is 9.26 Å². The SMILES string of the molecule is COc1ccc(S(=O)(=O)N(CC(=O)Nc2ccc(I)cc2)c2ccc(C)cc2)cc1Br. The largest absolute Gasteiger partial charge is 0.496 e. The van der Waals surface area contributed by atoms with Crippen molar-refractivity contribution < 1.29 is 17.9 Å². The zero-order valence-corrected chi connectivity index (χ0v) is 21.4. The van der Waals surface area contributed by atoms with Crippen LogP contribution >= 0.6 is 38.5 Å². The summed E-state index contributed by atoms with van der Waals surface area (Å²) < 4.78 is 34.8. The van der Waals surface area contributed by atoms with Gasteiger partial charge in [0.05, 0.1) is 22.2 Å². The monoisotopic (exact) mass is 614 g/mol. The minimum Gasteiger partial charge on any atom is -0.496 e. The molecule has 3 rings (SSSR count). The van der Waals surface area contributed by atoms with Gasteiger partial charge < -0.3 is 10.1 Å². The van der Waals surface area contributed by atoms with Gasteiger partial charge >= 0.3 is 0 Å². The van der Waals surface area contributed by atoms with Crippen molar-refractivity contribution in [3.8, 4) is 5.75 Å². The van der Waals surface area contributed by atoms with Crippen molar-refractivity contribution in [3.05, 3.63) is 80.3 Å². The highest BCUT2D eigenvalue weighted by Crippen LogP contribution is 2.31. The predicted octanol–water partition coefficient (Wildman–Crippen LogP) is 5.20. The number of nitrogens with zero attached hydrogens (tertiary/aromatic N) is 1. The van der Waals surface area contributed by atoms with Crippen LogP contribution in [-0.2, 0) is 14.8 Å². The molecule has 3 aromatic rings. The molecule has 162 valence electrons. The van der Waals surface area contributed by atoms with Gasteiger partial charge in [-0.1, -0.05) is 17.7 Å². The number of nitrogens with one attached hydrogen (secondary N) is 1. The topological polar surface area (TPSA) is 75.7 Å². The van der Waals surface area contributed by atoms with E-state index in [9.17, 15) is 13.2 Å². The Labute approximate surface area is 203 Å². The molecule has 0 aliphatic rings. The van der Waals surface area contributed by atoms with Gasteiger partial charge in [0.25, 0.3) is 10.0 Å². The molecule has 1 N–H and O–H groups in total. The molecule has 0 saturated heterocycles. The smallest absolute Gasteiger partial charge is 0.264 e. The van der Waals surface area contributed by atoms with E-state index < -0.39 is 15.9 Å². The molecule has 31 heavy (non-hydrogen) atoms. The molecule has 0 spiro atoms. The van der Waals surface area contributed by atoms with Crippen LogP contribution in [0.15, 0.2) is 76.1 Å².